The molecule has 0 spiro atoms. The van der Waals surface area contributed by atoms with Gasteiger partial charge < -0.3 is 4.74 Å². The topological polar surface area (TPSA) is 127 Å². The maximum Gasteiger partial charge on any atom is 0.274 e. The number of benzene rings is 3. The molecule has 3 aromatic carbocycles. The summed E-state index contributed by atoms with van der Waals surface area (Å²) in [4.78, 5) is 64.3. The van der Waals surface area contributed by atoms with Crippen LogP contribution in [-0.2, 0) is 9.59 Å². The average molecular weight is 576 g/mol. The van der Waals surface area contributed by atoms with Crippen LogP contribution >= 0.6 is 11.6 Å². The summed E-state index contributed by atoms with van der Waals surface area (Å²) in [6.07, 6.45) is 1.90. The number of halogens is 1. The third-order valence-corrected chi connectivity index (χ3v) is 7.83. The van der Waals surface area contributed by atoms with E-state index in [9.17, 15) is 29.3 Å². The second-order valence-corrected chi connectivity index (χ2v) is 10.7. The van der Waals surface area contributed by atoms with Gasteiger partial charge in [-0.2, -0.15) is 5.01 Å². The Hall–Kier alpha value is -4.57. The van der Waals surface area contributed by atoms with Crippen molar-refractivity contribution in [1.29, 1.82) is 0 Å². The van der Waals surface area contributed by atoms with E-state index in [1.165, 1.54) is 60.7 Å². The number of carbonyl (C=O) groups is 4. The van der Waals surface area contributed by atoms with Crippen molar-refractivity contribution in [2.45, 2.75) is 26.2 Å². The smallest absolute Gasteiger partial charge is 0.274 e. The highest BCUT2D eigenvalue weighted by molar-refractivity contribution is 6.34. The van der Waals surface area contributed by atoms with Crippen LogP contribution in [0, 0.1) is 27.9 Å². The Bertz CT molecular complexity index is 1520. The molecule has 0 aromatic heterocycles. The molecule has 0 bridgehead atoms. The zero-order chi connectivity index (χ0) is 29.3. The number of hydrazine groups is 1. The number of ether oxygens (including phenoxy) is 1. The van der Waals surface area contributed by atoms with Crippen LogP contribution < -0.4 is 4.74 Å². The molecule has 0 radical (unpaired) electrons. The lowest BCUT2D eigenvalue weighted by molar-refractivity contribution is -0.384. The minimum atomic E-state index is -0.726. The number of nitro groups is 1. The quantitative estimate of drug-likeness (QED) is 0.146. The average Bonchev–Trinajstić information content (AvgIpc) is 3.20. The lowest BCUT2D eigenvalue weighted by atomic mass is 9.76. The highest BCUT2D eigenvalue weighted by Crippen LogP contribution is 2.41. The minimum absolute atomic E-state index is 0.0673. The molecular weight excluding hydrogens is 550 g/mol. The predicted molar refractivity (Wildman–Crippen MR) is 148 cm³/mol. The number of hydrogen-bond donors (Lipinski definition) is 0. The van der Waals surface area contributed by atoms with Gasteiger partial charge in [0, 0.05) is 17.7 Å². The Labute approximate surface area is 240 Å². The van der Waals surface area contributed by atoms with Crippen molar-refractivity contribution in [3.63, 3.8) is 0 Å². The summed E-state index contributed by atoms with van der Waals surface area (Å²) in [6.45, 7) is 1.47. The molecule has 1 aliphatic heterocycles. The summed E-state index contributed by atoms with van der Waals surface area (Å²) in [5, 5.41) is 12.7. The number of nitro benzene ring substituents is 1. The van der Waals surface area contributed by atoms with Gasteiger partial charge in [-0.15, -0.1) is 0 Å². The number of rotatable bonds is 8. The van der Waals surface area contributed by atoms with Gasteiger partial charge in [-0.05, 0) is 73.7 Å². The first-order chi connectivity index (χ1) is 19.6. The molecule has 3 atom stereocenters. The van der Waals surface area contributed by atoms with Gasteiger partial charge in [0.1, 0.15) is 18.0 Å². The van der Waals surface area contributed by atoms with Crippen LogP contribution in [0.5, 0.6) is 11.5 Å². The highest BCUT2D eigenvalue weighted by atomic mass is 35.5. The van der Waals surface area contributed by atoms with Gasteiger partial charge in [-0.3, -0.25) is 29.3 Å². The van der Waals surface area contributed by atoms with Crippen molar-refractivity contribution in [3.05, 3.63) is 99.1 Å². The van der Waals surface area contributed by atoms with E-state index in [0.717, 1.165) is 16.4 Å². The largest absolute Gasteiger partial charge is 0.457 e. The molecule has 10 nitrogen and oxygen atoms in total. The van der Waals surface area contributed by atoms with Gasteiger partial charge in [0.15, 0.2) is 5.78 Å². The van der Waals surface area contributed by atoms with Crippen LogP contribution in [0.15, 0.2) is 72.8 Å². The molecule has 1 aliphatic carbocycles. The van der Waals surface area contributed by atoms with Crippen LogP contribution in [0.3, 0.4) is 0 Å². The lowest BCUT2D eigenvalue weighted by Gasteiger charge is -2.30. The first-order valence-corrected chi connectivity index (χ1v) is 13.5. The Kier molecular flexibility index (Phi) is 7.85. The second-order valence-electron chi connectivity index (χ2n) is 10.3. The summed E-state index contributed by atoms with van der Waals surface area (Å²) >= 11 is 6.28. The number of carbonyl (C=O) groups excluding carboxylic acids is 4. The zero-order valence-electron chi connectivity index (χ0n) is 22.1. The fourth-order valence-corrected chi connectivity index (χ4v) is 5.54. The highest BCUT2D eigenvalue weighted by Gasteiger charge is 2.53. The van der Waals surface area contributed by atoms with Crippen molar-refractivity contribution in [2.24, 2.45) is 17.8 Å². The molecule has 3 amide bonds. The van der Waals surface area contributed by atoms with Crippen LogP contribution in [-0.4, -0.2) is 45.0 Å². The zero-order valence-corrected chi connectivity index (χ0v) is 22.8. The number of fused-ring (bicyclic) bond motifs is 1. The molecule has 210 valence electrons. The van der Waals surface area contributed by atoms with Crippen molar-refractivity contribution < 1.29 is 28.8 Å². The maximum absolute atomic E-state index is 13.7. The number of imide groups is 1. The molecule has 3 aromatic rings. The van der Waals surface area contributed by atoms with E-state index in [4.69, 9.17) is 16.3 Å². The number of ketones is 1. The van der Waals surface area contributed by atoms with Gasteiger partial charge in [0.25, 0.3) is 23.4 Å². The van der Waals surface area contributed by atoms with Gasteiger partial charge in [-0.1, -0.05) is 30.7 Å². The van der Waals surface area contributed by atoms with Crippen LogP contribution in [0.25, 0.3) is 0 Å². The van der Waals surface area contributed by atoms with Gasteiger partial charge >= 0.3 is 0 Å². The fraction of sp³-hybridized carbons (Fsp3) is 0.267. The summed E-state index contributed by atoms with van der Waals surface area (Å²) in [5.41, 5.74) is 0.221. The Morgan fingerprint density at radius 2 is 1.56 bits per heavy atom. The number of non-ortho nitro benzene ring substituents is 1. The monoisotopic (exact) mass is 575 g/mol. The first kappa shape index (κ1) is 28.0. The van der Waals surface area contributed by atoms with E-state index in [2.05, 4.69) is 0 Å². The molecule has 0 unspecified atom stereocenters. The second kappa shape index (κ2) is 11.5. The molecule has 11 heteroatoms. The summed E-state index contributed by atoms with van der Waals surface area (Å²) < 4.78 is 5.70. The molecule has 2 aliphatic rings. The molecule has 2 fully saturated rings. The minimum Gasteiger partial charge on any atom is -0.457 e. The van der Waals surface area contributed by atoms with E-state index in [-0.39, 0.29) is 27.8 Å². The predicted octanol–water partition coefficient (Wildman–Crippen LogP) is 5.70. The van der Waals surface area contributed by atoms with Gasteiger partial charge in [0.2, 0.25) is 0 Å². The van der Waals surface area contributed by atoms with E-state index in [0.29, 0.717) is 24.3 Å². The van der Waals surface area contributed by atoms with Crippen LogP contribution in [0.1, 0.15) is 46.9 Å². The van der Waals surface area contributed by atoms with Crippen molar-refractivity contribution in [1.82, 2.24) is 10.0 Å². The normalized spacial score (nSPS) is 20.0. The standard InChI is InChI=1S/C30H26ClN3O7/c1-18-6-15-23-25(16-18)30(38)33(29(23)37)32(28(36)24-4-2-3-5-26(24)31)17-27(35)19-7-11-21(12-8-19)41-22-13-9-20(10-14-22)34(39)40/h2-5,7-14,18,23,25H,6,15-17H2,1H3/t18-,23+,25+/m1/s1. The summed E-state index contributed by atoms with van der Waals surface area (Å²) in [5.74, 6) is -2.22. The first-order valence-electron chi connectivity index (χ1n) is 13.1. The number of amides is 3. The van der Waals surface area contributed by atoms with Crippen molar-refractivity contribution in [2.75, 3.05) is 6.54 Å². The maximum atomic E-state index is 13.7. The number of nitrogens with zero attached hydrogens (tertiary/aromatic N) is 3. The van der Waals surface area contributed by atoms with E-state index in [1.54, 1.807) is 12.1 Å². The van der Waals surface area contributed by atoms with E-state index in [1.807, 2.05) is 6.92 Å². The molecule has 1 saturated heterocycles. The third kappa shape index (κ3) is 5.69. The molecule has 0 N–H and O–H groups in total. The molecule has 1 saturated carbocycles. The molecule has 5 rings (SSSR count). The molecular formula is C30H26ClN3O7. The van der Waals surface area contributed by atoms with Crippen molar-refractivity contribution >= 4 is 40.8 Å². The number of hydrogen-bond acceptors (Lipinski definition) is 7. The third-order valence-electron chi connectivity index (χ3n) is 7.50. The molecule has 1 heterocycles. The van der Waals surface area contributed by atoms with Crippen LogP contribution in [0.4, 0.5) is 5.69 Å². The fourth-order valence-electron chi connectivity index (χ4n) is 5.33. The van der Waals surface area contributed by atoms with Crippen molar-refractivity contribution in [3.8, 4) is 11.5 Å². The Balaban J connectivity index is 1.38. The van der Waals surface area contributed by atoms with E-state index >= 15 is 0 Å². The van der Waals surface area contributed by atoms with Gasteiger partial charge in [-0.25, -0.2) is 5.01 Å². The SMILES string of the molecule is C[C@@H]1CC[C@@H]2C(=O)N(N(CC(=O)c3ccc(Oc4ccc([N+](=O)[O-])cc4)cc3)C(=O)c3ccccc3Cl)C(=O)[C@H]2C1. The van der Waals surface area contributed by atoms with Crippen LogP contribution in [0.2, 0.25) is 5.02 Å². The molecule has 41 heavy (non-hydrogen) atoms. The summed E-state index contributed by atoms with van der Waals surface area (Å²) in [7, 11) is 0. The summed E-state index contributed by atoms with van der Waals surface area (Å²) in [6, 6.07) is 17.9. The Morgan fingerprint density at radius 3 is 2.20 bits per heavy atom. The van der Waals surface area contributed by atoms with E-state index < -0.39 is 46.8 Å². The van der Waals surface area contributed by atoms with Gasteiger partial charge in [0.05, 0.1) is 27.3 Å². The Morgan fingerprint density at radius 1 is 0.951 bits per heavy atom. The number of Topliss-reactive ketones (excluding diaryl/α,β-unsaturated/α-hetero) is 1. The lowest BCUT2D eigenvalue weighted by Crippen LogP contribution is -2.52.